The van der Waals surface area contributed by atoms with E-state index in [9.17, 15) is 24.4 Å². The Morgan fingerprint density at radius 2 is 2.20 bits per heavy atom. The van der Waals surface area contributed by atoms with Gasteiger partial charge in [-0.25, -0.2) is 0 Å². The van der Waals surface area contributed by atoms with E-state index in [1.807, 2.05) is 0 Å². The van der Waals surface area contributed by atoms with Crippen LogP contribution in [-0.4, -0.2) is 21.9 Å². The van der Waals surface area contributed by atoms with Crippen LogP contribution in [0, 0.1) is 17.0 Å². The Kier molecular flexibility index (Phi) is 5.38. The largest absolute Gasteiger partial charge is 0.373 e. The molecule has 0 aliphatic rings. The molecule has 0 aliphatic carbocycles. The second kappa shape index (κ2) is 6.60. The van der Waals surface area contributed by atoms with Crippen molar-refractivity contribution >= 4 is 24.3 Å². The Labute approximate surface area is 115 Å². The van der Waals surface area contributed by atoms with Crippen molar-refractivity contribution in [3.63, 3.8) is 0 Å². The average molecular weight is 302 g/mol. The summed E-state index contributed by atoms with van der Waals surface area (Å²) in [5.41, 5.74) is -0.0529. The number of hydrogen-bond acceptors (Lipinski definition) is 6. The summed E-state index contributed by atoms with van der Waals surface area (Å²) in [5, 5.41) is 10.8. The fourth-order valence-electron chi connectivity index (χ4n) is 1.78. The molecule has 0 radical (unpaired) electrons. The Morgan fingerprint density at radius 1 is 1.55 bits per heavy atom. The number of nitro groups is 1. The van der Waals surface area contributed by atoms with Crippen LogP contribution < -0.4 is 11.2 Å². The number of carbonyl (C=O) groups excluding carboxylic acids is 1. The lowest BCUT2D eigenvalue weighted by molar-refractivity contribution is -0.384. The number of rotatable bonds is 6. The van der Waals surface area contributed by atoms with E-state index in [2.05, 4.69) is 10.7 Å². The molecule has 0 saturated carbocycles. The van der Waals surface area contributed by atoms with E-state index in [4.69, 9.17) is 0 Å². The Bertz CT molecular complexity index is 574. The molecule has 1 unspecified atom stereocenters. The minimum absolute atomic E-state index is 0.0505. The maximum absolute atomic E-state index is 12.2. The van der Waals surface area contributed by atoms with Gasteiger partial charge in [0.05, 0.1) is 4.92 Å². The predicted octanol–water partition coefficient (Wildman–Crippen LogP) is 0.996. The van der Waals surface area contributed by atoms with E-state index < -0.39 is 18.3 Å². The molecule has 1 rings (SSSR count). The van der Waals surface area contributed by atoms with Gasteiger partial charge in [-0.1, -0.05) is 12.1 Å². The molecule has 9 heteroatoms. The van der Waals surface area contributed by atoms with Crippen LogP contribution >= 0.6 is 7.37 Å². The first kappa shape index (κ1) is 16.3. The number of nitro benzene ring substituents is 1. The highest BCUT2D eigenvalue weighted by atomic mass is 31.2. The van der Waals surface area contributed by atoms with Crippen LogP contribution in [0.15, 0.2) is 18.2 Å². The molecule has 3 N–H and O–H groups in total. The van der Waals surface area contributed by atoms with E-state index in [0.29, 0.717) is 5.56 Å². The van der Waals surface area contributed by atoms with Crippen LogP contribution in [0.3, 0.4) is 0 Å². The van der Waals surface area contributed by atoms with Gasteiger partial charge in [-0.3, -0.25) is 19.5 Å². The van der Waals surface area contributed by atoms with Crippen molar-refractivity contribution in [2.75, 3.05) is 6.16 Å². The molecule has 110 valence electrons. The number of benzene rings is 1. The number of para-hydroxylation sites is 1. The normalized spacial score (nSPS) is 13.6. The first-order chi connectivity index (χ1) is 9.29. The van der Waals surface area contributed by atoms with Gasteiger partial charge >= 0.3 is 5.97 Å². The SMILES string of the molecule is Cc1cccc(P(=O)(O)CCCC(=O)ON)c1[N+](=O)[O-]. The monoisotopic (exact) mass is 302 g/mol. The van der Waals surface area contributed by atoms with E-state index in [0.717, 1.165) is 0 Å². The van der Waals surface area contributed by atoms with Crippen LogP contribution in [0.25, 0.3) is 0 Å². The first-order valence-corrected chi connectivity index (χ1v) is 7.60. The van der Waals surface area contributed by atoms with Crippen molar-refractivity contribution in [1.82, 2.24) is 0 Å². The summed E-state index contributed by atoms with van der Waals surface area (Å²) in [6, 6.07) is 4.23. The van der Waals surface area contributed by atoms with Crippen molar-refractivity contribution in [2.45, 2.75) is 19.8 Å². The molecular formula is C11H15N2O6P. The maximum atomic E-state index is 12.2. The lowest BCUT2D eigenvalue weighted by Crippen LogP contribution is -2.15. The van der Waals surface area contributed by atoms with Gasteiger partial charge in [-0.05, 0) is 19.4 Å². The first-order valence-electron chi connectivity index (χ1n) is 5.75. The molecule has 0 fully saturated rings. The van der Waals surface area contributed by atoms with Gasteiger partial charge < -0.3 is 9.73 Å². The number of nitrogens with zero attached hydrogens (tertiary/aromatic N) is 1. The minimum atomic E-state index is -3.92. The van der Waals surface area contributed by atoms with Crippen LogP contribution in [0.1, 0.15) is 18.4 Å². The fraction of sp³-hybridized carbons (Fsp3) is 0.364. The van der Waals surface area contributed by atoms with E-state index in [1.165, 1.54) is 25.1 Å². The van der Waals surface area contributed by atoms with E-state index >= 15 is 0 Å². The Morgan fingerprint density at radius 3 is 2.75 bits per heavy atom. The Balaban J connectivity index is 2.98. The van der Waals surface area contributed by atoms with Crippen molar-refractivity contribution in [3.8, 4) is 0 Å². The molecule has 0 aliphatic heterocycles. The third-order valence-corrected chi connectivity index (χ3v) is 4.79. The molecule has 8 nitrogen and oxygen atoms in total. The zero-order valence-corrected chi connectivity index (χ0v) is 11.7. The summed E-state index contributed by atoms with van der Waals surface area (Å²) in [7, 11) is -3.92. The second-order valence-corrected chi connectivity index (χ2v) is 6.55. The van der Waals surface area contributed by atoms with Gasteiger partial charge in [0.1, 0.15) is 5.30 Å². The van der Waals surface area contributed by atoms with Crippen LogP contribution in [-0.2, 0) is 14.2 Å². The second-order valence-electron chi connectivity index (χ2n) is 4.22. The highest BCUT2D eigenvalue weighted by molar-refractivity contribution is 7.66. The number of aryl methyl sites for hydroxylation is 1. The van der Waals surface area contributed by atoms with Gasteiger partial charge in [0.2, 0.25) is 7.37 Å². The molecule has 0 heterocycles. The molecule has 0 saturated heterocycles. The fourth-order valence-corrected chi connectivity index (χ4v) is 3.52. The molecule has 0 amide bonds. The van der Waals surface area contributed by atoms with Gasteiger partial charge in [-0.2, -0.15) is 5.90 Å². The smallest absolute Gasteiger partial charge is 0.324 e. The molecule has 0 spiro atoms. The topological polar surface area (TPSA) is 133 Å². The van der Waals surface area contributed by atoms with Crippen LogP contribution in [0.5, 0.6) is 0 Å². The summed E-state index contributed by atoms with van der Waals surface area (Å²) in [6.07, 6.45) is -0.331. The zero-order chi connectivity index (χ0) is 15.3. The molecule has 1 aromatic rings. The predicted molar refractivity (Wildman–Crippen MR) is 71.7 cm³/mol. The van der Waals surface area contributed by atoms with Crippen LogP contribution in [0.2, 0.25) is 0 Å². The molecular weight excluding hydrogens is 287 g/mol. The highest BCUT2D eigenvalue weighted by Gasteiger charge is 2.31. The van der Waals surface area contributed by atoms with Crippen LogP contribution in [0.4, 0.5) is 5.69 Å². The lowest BCUT2D eigenvalue weighted by atomic mass is 10.2. The van der Waals surface area contributed by atoms with Crippen molar-refractivity contribution in [1.29, 1.82) is 0 Å². The summed E-state index contributed by atoms with van der Waals surface area (Å²) >= 11 is 0. The lowest BCUT2D eigenvalue weighted by Gasteiger charge is -2.12. The van der Waals surface area contributed by atoms with Gasteiger partial charge in [0.25, 0.3) is 5.69 Å². The molecule has 0 bridgehead atoms. The van der Waals surface area contributed by atoms with E-state index in [1.54, 1.807) is 0 Å². The summed E-state index contributed by atoms with van der Waals surface area (Å²) in [6.45, 7) is 1.49. The van der Waals surface area contributed by atoms with E-state index in [-0.39, 0.29) is 30.0 Å². The third-order valence-electron chi connectivity index (χ3n) is 2.75. The minimum Gasteiger partial charge on any atom is -0.373 e. The quantitative estimate of drug-likeness (QED) is 0.455. The number of hydrogen-bond donors (Lipinski definition) is 2. The summed E-state index contributed by atoms with van der Waals surface area (Å²) in [5.74, 6) is 3.94. The van der Waals surface area contributed by atoms with Gasteiger partial charge in [0, 0.05) is 18.1 Å². The van der Waals surface area contributed by atoms with Crippen molar-refractivity contribution < 1.29 is 24.0 Å². The highest BCUT2D eigenvalue weighted by Crippen LogP contribution is 2.43. The van der Waals surface area contributed by atoms with Gasteiger partial charge in [0.15, 0.2) is 0 Å². The maximum Gasteiger partial charge on any atom is 0.324 e. The summed E-state index contributed by atoms with van der Waals surface area (Å²) in [4.78, 5) is 35.1. The number of carbonyl (C=O) groups is 1. The zero-order valence-electron chi connectivity index (χ0n) is 10.8. The number of nitrogens with two attached hydrogens (primary N) is 1. The van der Waals surface area contributed by atoms with Crippen molar-refractivity contribution in [3.05, 3.63) is 33.9 Å². The Hall–Kier alpha value is -1.76. The molecule has 0 aromatic heterocycles. The third kappa shape index (κ3) is 3.86. The van der Waals surface area contributed by atoms with Gasteiger partial charge in [-0.15, -0.1) is 0 Å². The molecule has 1 atom stereocenters. The standard InChI is InChI=1S/C11H15N2O6P/c1-8-4-2-5-9(11(8)13(15)16)20(17,18)7-3-6-10(14)19-12/h2,4-5H,3,6-7,12H2,1H3,(H,17,18). The summed E-state index contributed by atoms with van der Waals surface area (Å²) < 4.78 is 12.2. The molecule has 20 heavy (non-hydrogen) atoms. The average Bonchev–Trinajstić information content (AvgIpc) is 2.37. The molecule has 1 aromatic carbocycles. The van der Waals surface area contributed by atoms with Crippen molar-refractivity contribution in [2.24, 2.45) is 5.90 Å².